The van der Waals surface area contributed by atoms with E-state index >= 15 is 0 Å². The molecule has 0 bridgehead atoms. The lowest BCUT2D eigenvalue weighted by Crippen LogP contribution is -2.29. The largest absolute Gasteiger partial charge is 0.454 e. The molecule has 7 heteroatoms. The Hall–Kier alpha value is -1.08. The molecule has 0 radical (unpaired) electrons. The summed E-state index contributed by atoms with van der Waals surface area (Å²) >= 11 is 6.96. The first-order valence-electron chi connectivity index (χ1n) is 7.42. The van der Waals surface area contributed by atoms with Crippen LogP contribution >= 0.6 is 31.9 Å². The van der Waals surface area contributed by atoms with Crippen molar-refractivity contribution in [1.29, 1.82) is 0 Å². The second-order valence-electron chi connectivity index (χ2n) is 6.30. The molecule has 1 aromatic rings. The minimum atomic E-state index is -0.453. The lowest BCUT2D eigenvalue weighted by Gasteiger charge is -2.10. The maximum Gasteiger partial charge on any atom is 0.248 e. The monoisotopic (exact) mass is 444 g/mol. The van der Waals surface area contributed by atoms with Gasteiger partial charge in [0, 0.05) is 6.21 Å². The van der Waals surface area contributed by atoms with Gasteiger partial charge in [0.15, 0.2) is 11.5 Å². The lowest BCUT2D eigenvalue weighted by atomic mass is 10.0. The quantitative estimate of drug-likeness (QED) is 0.428. The van der Waals surface area contributed by atoms with Crippen LogP contribution in [0.2, 0.25) is 0 Å². The van der Waals surface area contributed by atoms with E-state index in [1.807, 2.05) is 25.1 Å². The number of hydrogen-bond acceptors (Lipinski definition) is 4. The lowest BCUT2D eigenvalue weighted by molar-refractivity contribution is -0.125. The Morgan fingerprint density at radius 3 is 2.83 bits per heavy atom. The van der Waals surface area contributed by atoms with Crippen molar-refractivity contribution < 1.29 is 14.3 Å². The predicted molar refractivity (Wildman–Crippen MR) is 95.4 cm³/mol. The van der Waals surface area contributed by atoms with Crippen molar-refractivity contribution in [3.8, 4) is 11.5 Å². The van der Waals surface area contributed by atoms with Crippen LogP contribution in [0.3, 0.4) is 0 Å². The second kappa shape index (κ2) is 6.09. The molecule has 1 N–H and O–H groups in total. The normalized spacial score (nSPS) is 25.4. The van der Waals surface area contributed by atoms with E-state index in [0.29, 0.717) is 0 Å². The number of alkyl halides is 2. The fraction of sp³-hybridized carbons (Fsp3) is 0.500. The smallest absolute Gasteiger partial charge is 0.248 e. The van der Waals surface area contributed by atoms with E-state index in [0.717, 1.165) is 29.9 Å². The Morgan fingerprint density at radius 1 is 1.43 bits per heavy atom. The van der Waals surface area contributed by atoms with Gasteiger partial charge in [-0.3, -0.25) is 4.79 Å². The summed E-state index contributed by atoms with van der Waals surface area (Å²) in [5.41, 5.74) is 3.32. The number of hydrogen-bond donors (Lipinski definition) is 1. The molecule has 23 heavy (non-hydrogen) atoms. The topological polar surface area (TPSA) is 59.9 Å². The van der Waals surface area contributed by atoms with Crippen LogP contribution in [-0.2, 0) is 11.2 Å². The van der Waals surface area contributed by atoms with Crippen LogP contribution < -0.4 is 14.9 Å². The van der Waals surface area contributed by atoms with E-state index in [4.69, 9.17) is 9.47 Å². The van der Waals surface area contributed by atoms with Gasteiger partial charge in [-0.1, -0.05) is 44.8 Å². The first kappa shape index (κ1) is 16.8. The molecular formula is C16H18Br2N2O3. The van der Waals surface area contributed by atoms with Gasteiger partial charge in [-0.05, 0) is 43.4 Å². The zero-order chi connectivity index (χ0) is 16.7. The van der Waals surface area contributed by atoms with Crippen LogP contribution in [0.4, 0.5) is 0 Å². The minimum Gasteiger partial charge on any atom is -0.454 e. The maximum absolute atomic E-state index is 12.1. The molecular weight excluding hydrogens is 428 g/mol. The number of amides is 1. The summed E-state index contributed by atoms with van der Waals surface area (Å²) in [6.07, 6.45) is 3.32. The molecule has 3 rings (SSSR count). The van der Waals surface area contributed by atoms with E-state index in [1.54, 1.807) is 6.21 Å². The molecule has 2 atom stereocenters. The van der Waals surface area contributed by atoms with Crippen molar-refractivity contribution in [3.05, 3.63) is 23.8 Å². The van der Waals surface area contributed by atoms with Crippen molar-refractivity contribution >= 4 is 44.0 Å². The highest BCUT2D eigenvalue weighted by Gasteiger charge is 2.66. The molecule has 1 fully saturated rings. The first-order chi connectivity index (χ1) is 10.8. The standard InChI is InChI=1S/C16H18Br2N2O3/c1-10(5-11-3-4-12-13(6-11)23-9-22-12)7-19-20-14(21)15(2)8-16(15,17)18/h3-4,6-7,10H,5,8-9H2,1-2H3,(H,20,21)/b19-7-/t10-,15-/m0/s1. The van der Waals surface area contributed by atoms with E-state index in [2.05, 4.69) is 49.3 Å². The molecule has 0 aromatic heterocycles. The molecule has 0 spiro atoms. The van der Waals surface area contributed by atoms with Crippen molar-refractivity contribution in [2.75, 3.05) is 6.79 Å². The minimum absolute atomic E-state index is 0.0854. The van der Waals surface area contributed by atoms with Crippen molar-refractivity contribution in [1.82, 2.24) is 5.43 Å². The first-order valence-corrected chi connectivity index (χ1v) is 9.00. The SMILES string of the molecule is C[C@H](/C=N\NC(=O)[C@]1(C)CC1(Br)Br)Cc1ccc2c(c1)OCO2. The maximum atomic E-state index is 12.1. The number of ether oxygens (including phenoxy) is 2. The fourth-order valence-corrected chi connectivity index (χ4v) is 3.97. The Balaban J connectivity index is 1.51. The highest BCUT2D eigenvalue weighted by atomic mass is 79.9. The Bertz CT molecular complexity index is 663. The Kier molecular flexibility index (Phi) is 4.44. The van der Waals surface area contributed by atoms with Gasteiger partial charge in [-0.2, -0.15) is 5.10 Å². The van der Waals surface area contributed by atoms with Crippen molar-refractivity contribution in [3.63, 3.8) is 0 Å². The molecule has 1 amide bonds. The van der Waals surface area contributed by atoms with Crippen LogP contribution in [0, 0.1) is 11.3 Å². The summed E-state index contributed by atoms with van der Waals surface area (Å²) in [5.74, 6) is 1.68. The Morgan fingerprint density at radius 2 is 2.13 bits per heavy atom. The van der Waals surface area contributed by atoms with Crippen LogP contribution in [0.1, 0.15) is 25.8 Å². The van der Waals surface area contributed by atoms with Crippen LogP contribution in [0.25, 0.3) is 0 Å². The molecule has 5 nitrogen and oxygen atoms in total. The number of benzene rings is 1. The highest BCUT2D eigenvalue weighted by molar-refractivity contribution is 9.25. The predicted octanol–water partition coefficient (Wildman–Crippen LogP) is 3.59. The number of hydrazone groups is 1. The number of fused-ring (bicyclic) bond motifs is 1. The fourth-order valence-electron chi connectivity index (χ4n) is 2.49. The molecule has 124 valence electrons. The number of rotatable bonds is 5. The average Bonchev–Trinajstić information content (AvgIpc) is 2.85. The Labute approximate surface area is 152 Å². The summed E-state index contributed by atoms with van der Waals surface area (Å²) in [7, 11) is 0. The highest BCUT2D eigenvalue weighted by Crippen LogP contribution is 2.66. The van der Waals surface area contributed by atoms with Gasteiger partial charge in [0.05, 0.1) is 8.65 Å². The number of halogens is 2. The third-order valence-electron chi connectivity index (χ3n) is 4.25. The number of nitrogens with one attached hydrogen (secondary N) is 1. The molecule has 0 unspecified atom stereocenters. The molecule has 1 aromatic carbocycles. The zero-order valence-corrected chi connectivity index (χ0v) is 16.1. The second-order valence-corrected chi connectivity index (χ2v) is 10.1. The van der Waals surface area contributed by atoms with Crippen molar-refractivity contribution in [2.45, 2.75) is 29.9 Å². The van der Waals surface area contributed by atoms with Gasteiger partial charge >= 0.3 is 0 Å². The van der Waals surface area contributed by atoms with Crippen LogP contribution in [-0.4, -0.2) is 22.1 Å². The van der Waals surface area contributed by atoms with E-state index in [-0.39, 0.29) is 21.9 Å². The molecule has 1 aliphatic carbocycles. The molecule has 1 aliphatic heterocycles. The zero-order valence-electron chi connectivity index (χ0n) is 12.9. The summed E-state index contributed by atoms with van der Waals surface area (Å²) in [4.78, 5) is 12.1. The van der Waals surface area contributed by atoms with E-state index in [1.165, 1.54) is 0 Å². The molecule has 2 aliphatic rings. The van der Waals surface area contributed by atoms with Gasteiger partial charge in [0.25, 0.3) is 0 Å². The van der Waals surface area contributed by atoms with E-state index < -0.39 is 5.41 Å². The third kappa shape index (κ3) is 3.40. The molecule has 1 heterocycles. The number of carbonyl (C=O) groups excluding carboxylic acids is 1. The van der Waals surface area contributed by atoms with Gasteiger partial charge in [-0.25, -0.2) is 5.43 Å². The average molecular weight is 446 g/mol. The number of carbonyl (C=O) groups is 1. The summed E-state index contributed by atoms with van der Waals surface area (Å²) in [6, 6.07) is 5.93. The van der Waals surface area contributed by atoms with Gasteiger partial charge < -0.3 is 9.47 Å². The third-order valence-corrected chi connectivity index (χ3v) is 6.56. The van der Waals surface area contributed by atoms with Gasteiger partial charge in [0.1, 0.15) is 0 Å². The summed E-state index contributed by atoms with van der Waals surface area (Å²) in [6.45, 7) is 4.24. The van der Waals surface area contributed by atoms with Gasteiger partial charge in [-0.15, -0.1) is 0 Å². The van der Waals surface area contributed by atoms with E-state index in [9.17, 15) is 4.79 Å². The number of nitrogens with zero attached hydrogens (tertiary/aromatic N) is 1. The summed E-state index contributed by atoms with van der Waals surface area (Å²) < 4.78 is 10.4. The molecule has 0 saturated heterocycles. The van der Waals surface area contributed by atoms with Crippen LogP contribution in [0.15, 0.2) is 23.3 Å². The van der Waals surface area contributed by atoms with Gasteiger partial charge in [0.2, 0.25) is 12.7 Å². The van der Waals surface area contributed by atoms with Crippen molar-refractivity contribution in [2.24, 2.45) is 16.4 Å². The molecule has 1 saturated carbocycles. The van der Waals surface area contributed by atoms with Crippen LogP contribution in [0.5, 0.6) is 11.5 Å². The summed E-state index contributed by atoms with van der Waals surface area (Å²) in [5, 5.41) is 4.09.